The molecule has 0 N–H and O–H groups in total. The van der Waals surface area contributed by atoms with Crippen molar-refractivity contribution in [1.82, 2.24) is 0 Å². The molecule has 0 bridgehead atoms. The van der Waals surface area contributed by atoms with Crippen LogP contribution in [-0.2, 0) is 0 Å². The van der Waals surface area contributed by atoms with E-state index in [1.54, 1.807) is 22.8 Å². The van der Waals surface area contributed by atoms with E-state index in [0.717, 1.165) is 8.39 Å². The minimum absolute atomic E-state index is 0.696. The molecule has 0 radical (unpaired) electrons. The number of thiocarbonyl (C=S) groups is 2. The van der Waals surface area contributed by atoms with E-state index in [-0.39, 0.29) is 0 Å². The molecule has 0 atom stereocenters. The summed E-state index contributed by atoms with van der Waals surface area (Å²) in [7, 11) is 0. The predicted molar refractivity (Wildman–Crippen MR) is 153 cm³/mol. The summed E-state index contributed by atoms with van der Waals surface area (Å²) in [5.41, 5.74) is 9.93. The Bertz CT molecular complexity index is 1020. The number of hydrogen-bond donors (Lipinski definition) is 0. The Morgan fingerprint density at radius 3 is 1.32 bits per heavy atom. The molecule has 3 aromatic rings. The number of aryl methyl sites for hydroxylation is 6. The quantitative estimate of drug-likeness (QED) is 0.255. The van der Waals surface area contributed by atoms with Gasteiger partial charge in [-0.15, -0.1) is 0 Å². The van der Waals surface area contributed by atoms with Crippen molar-refractivity contribution in [3.63, 3.8) is 0 Å². The van der Waals surface area contributed by atoms with E-state index < -0.39 is 6.33 Å². The first-order chi connectivity index (χ1) is 14.7. The molecule has 5 heteroatoms. The minimum Gasteiger partial charge on any atom is -0.0714 e. The zero-order valence-corrected chi connectivity index (χ0v) is 22.9. The fourth-order valence-corrected chi connectivity index (χ4v) is 13.1. The van der Waals surface area contributed by atoms with Crippen LogP contribution in [0.25, 0.3) is 0 Å². The molecule has 0 heterocycles. The topological polar surface area (TPSA) is 0 Å². The fourth-order valence-electron chi connectivity index (χ4n) is 3.92. The predicted octanol–water partition coefficient (Wildman–Crippen LogP) is 8.69. The molecule has 3 rings (SSSR count). The average molecular weight is 499 g/mol. The van der Waals surface area contributed by atoms with E-state index in [0.29, 0.717) is 0 Å². The summed E-state index contributed by atoms with van der Waals surface area (Å²) in [6.45, 7) is 12.9. The molecule has 0 unspecified atom stereocenters. The van der Waals surface area contributed by atoms with Gasteiger partial charge in [0.25, 0.3) is 0 Å². The van der Waals surface area contributed by atoms with Gasteiger partial charge >= 0.3 is 0 Å². The third-order valence-corrected chi connectivity index (χ3v) is 13.2. The molecule has 0 saturated carbocycles. The second kappa shape index (κ2) is 10.7. The third-order valence-electron chi connectivity index (χ3n) is 5.06. The van der Waals surface area contributed by atoms with Gasteiger partial charge in [0.1, 0.15) is 0 Å². The monoisotopic (exact) mass is 498 g/mol. The highest BCUT2D eigenvalue weighted by molar-refractivity contribution is 8.97. The highest BCUT2D eigenvalue weighted by atomic mass is 33.1. The third kappa shape index (κ3) is 6.06. The Morgan fingerprint density at radius 2 is 0.968 bits per heavy atom. The minimum atomic E-state index is -0.696. The fraction of sp³-hybridized carbons (Fsp3) is 0.231. The largest absolute Gasteiger partial charge is 0.0836 e. The van der Waals surface area contributed by atoms with E-state index in [9.17, 15) is 0 Å². The molecule has 0 aliphatic rings. The first-order valence-electron chi connectivity index (χ1n) is 10.1. The van der Waals surface area contributed by atoms with E-state index in [1.165, 1.54) is 49.8 Å². The van der Waals surface area contributed by atoms with Gasteiger partial charge in [0.2, 0.25) is 0 Å². The molecule has 0 spiro atoms. The van der Waals surface area contributed by atoms with Crippen LogP contribution in [0.4, 0.5) is 0 Å². The molecule has 0 nitrogen and oxygen atoms in total. The highest BCUT2D eigenvalue weighted by Gasteiger charge is 2.22. The van der Waals surface area contributed by atoms with Gasteiger partial charge in [-0.05, 0) is 69.1 Å². The zero-order chi connectivity index (χ0) is 22.7. The van der Waals surface area contributed by atoms with Crippen molar-refractivity contribution in [1.29, 1.82) is 0 Å². The highest BCUT2D eigenvalue weighted by Crippen LogP contribution is 2.62. The summed E-state index contributed by atoms with van der Waals surface area (Å²) >= 11 is 15.5. The van der Waals surface area contributed by atoms with Crippen LogP contribution in [0.2, 0.25) is 0 Å². The van der Waals surface area contributed by atoms with Crippen LogP contribution in [0.5, 0.6) is 0 Å². The molecule has 31 heavy (non-hydrogen) atoms. The molecule has 0 saturated heterocycles. The van der Waals surface area contributed by atoms with Gasteiger partial charge in [0, 0.05) is 11.1 Å². The van der Waals surface area contributed by atoms with Gasteiger partial charge < -0.3 is 0 Å². The van der Waals surface area contributed by atoms with E-state index in [1.807, 2.05) is 0 Å². The SMILES string of the molecule is Cc1cc(C)c(C(=S)SP(SC(=S)c2c(C)cc(C)cc2C)c2ccccc2)c(C)c1. The van der Waals surface area contributed by atoms with Crippen LogP contribution in [0.3, 0.4) is 0 Å². The first kappa shape index (κ1) is 24.6. The molecule has 0 amide bonds. The summed E-state index contributed by atoms with van der Waals surface area (Å²) < 4.78 is 1.91. The van der Waals surface area contributed by atoms with Crippen LogP contribution in [0.15, 0.2) is 54.6 Å². The maximum atomic E-state index is 5.98. The van der Waals surface area contributed by atoms with Crippen molar-refractivity contribution in [3.05, 3.63) is 99.1 Å². The molecular weight excluding hydrogens is 472 g/mol. The summed E-state index contributed by atoms with van der Waals surface area (Å²) in [5.74, 6) is 0. The van der Waals surface area contributed by atoms with Crippen LogP contribution in [0.1, 0.15) is 44.5 Å². The molecule has 160 valence electrons. The molecule has 0 aromatic heterocycles. The Balaban J connectivity index is 1.94. The second-order valence-corrected chi connectivity index (χ2v) is 15.4. The van der Waals surface area contributed by atoms with Gasteiger partial charge in [-0.3, -0.25) is 0 Å². The first-order valence-corrected chi connectivity index (χ1v) is 15.1. The van der Waals surface area contributed by atoms with Crippen LogP contribution in [-0.4, -0.2) is 8.39 Å². The Hall–Kier alpha value is -1.03. The number of hydrogen-bond acceptors (Lipinski definition) is 4. The maximum absolute atomic E-state index is 5.98. The zero-order valence-electron chi connectivity index (χ0n) is 18.8. The molecule has 3 aromatic carbocycles. The van der Waals surface area contributed by atoms with Crippen molar-refractivity contribution in [2.24, 2.45) is 0 Å². The van der Waals surface area contributed by atoms with Gasteiger partial charge in [-0.2, -0.15) is 0 Å². The van der Waals surface area contributed by atoms with Gasteiger partial charge in [-0.25, -0.2) is 0 Å². The number of rotatable bonds is 5. The van der Waals surface area contributed by atoms with Crippen molar-refractivity contribution in [2.45, 2.75) is 41.5 Å². The second-order valence-electron chi connectivity index (χ2n) is 7.90. The lowest BCUT2D eigenvalue weighted by Crippen LogP contribution is -2.05. The van der Waals surface area contributed by atoms with Crippen molar-refractivity contribution < 1.29 is 0 Å². The van der Waals surface area contributed by atoms with Crippen LogP contribution < -0.4 is 5.30 Å². The molecule has 0 aliphatic heterocycles. The summed E-state index contributed by atoms with van der Waals surface area (Å²) in [5, 5.41) is 1.29. The lowest BCUT2D eigenvalue weighted by Gasteiger charge is -2.21. The van der Waals surface area contributed by atoms with E-state index in [4.69, 9.17) is 24.4 Å². The van der Waals surface area contributed by atoms with Crippen LogP contribution in [0, 0.1) is 41.5 Å². The maximum Gasteiger partial charge on any atom is 0.0836 e. The Morgan fingerprint density at radius 1 is 0.613 bits per heavy atom. The number of benzene rings is 3. The Kier molecular flexibility index (Phi) is 8.51. The van der Waals surface area contributed by atoms with Crippen molar-refractivity contribution >= 4 is 67.2 Å². The smallest absolute Gasteiger partial charge is 0.0714 e. The summed E-state index contributed by atoms with van der Waals surface area (Å²) in [6, 6.07) is 19.5. The molecule has 0 fully saturated rings. The Labute approximate surface area is 206 Å². The molecule has 0 aliphatic carbocycles. The van der Waals surface area contributed by atoms with E-state index in [2.05, 4.69) is 96.1 Å². The van der Waals surface area contributed by atoms with Crippen LogP contribution >= 0.6 is 53.5 Å². The van der Waals surface area contributed by atoms with E-state index >= 15 is 0 Å². The standard InChI is InChI=1S/C26H27PS4/c1-16-12-18(3)23(19(4)13-16)25(28)30-27(22-10-8-7-9-11-22)31-26(29)24-20(5)14-17(2)15-21(24)6/h7-15H,1-6H3. The average Bonchev–Trinajstić information content (AvgIpc) is 2.66. The van der Waals surface area contributed by atoms with Crippen molar-refractivity contribution in [3.8, 4) is 0 Å². The summed E-state index contributed by atoms with van der Waals surface area (Å²) in [4.78, 5) is 0. The molecular formula is C26H27PS4. The normalized spacial score (nSPS) is 11.1. The van der Waals surface area contributed by atoms with Crippen molar-refractivity contribution in [2.75, 3.05) is 0 Å². The lowest BCUT2D eigenvalue weighted by atomic mass is 10.0. The summed E-state index contributed by atoms with van der Waals surface area (Å²) in [6.07, 6.45) is -0.696. The van der Waals surface area contributed by atoms with Gasteiger partial charge in [0.05, 0.1) is 14.7 Å². The van der Waals surface area contributed by atoms with Gasteiger partial charge in [-0.1, -0.05) is 113 Å². The van der Waals surface area contributed by atoms with Gasteiger partial charge in [0.15, 0.2) is 0 Å². The lowest BCUT2D eigenvalue weighted by molar-refractivity contribution is 1.31.